The quantitative estimate of drug-likeness (QED) is 0.735. The van der Waals surface area contributed by atoms with Gasteiger partial charge in [0.15, 0.2) is 11.5 Å². The lowest BCUT2D eigenvalue weighted by atomic mass is 10.2. The predicted molar refractivity (Wildman–Crippen MR) is 105 cm³/mol. The monoisotopic (exact) mass is 390 g/mol. The van der Waals surface area contributed by atoms with E-state index in [4.69, 9.17) is 9.47 Å². The Morgan fingerprint density at radius 1 is 1.00 bits per heavy atom. The Morgan fingerprint density at radius 3 is 2.19 bits per heavy atom. The van der Waals surface area contributed by atoms with Crippen LogP contribution in [0.4, 0.5) is 5.69 Å². The van der Waals surface area contributed by atoms with E-state index in [-0.39, 0.29) is 10.8 Å². The molecule has 0 aromatic heterocycles. The highest BCUT2D eigenvalue weighted by Crippen LogP contribution is 2.28. The minimum atomic E-state index is -3.50. The Labute approximate surface area is 159 Å². The zero-order chi connectivity index (χ0) is 20.0. The van der Waals surface area contributed by atoms with E-state index < -0.39 is 10.0 Å². The van der Waals surface area contributed by atoms with E-state index in [9.17, 15) is 13.2 Å². The van der Waals surface area contributed by atoms with E-state index in [1.54, 1.807) is 43.5 Å². The summed E-state index contributed by atoms with van der Waals surface area (Å²) in [6.45, 7) is 0. The summed E-state index contributed by atoms with van der Waals surface area (Å²) in [4.78, 5) is 12.2. The molecule has 0 heterocycles. The number of hydrogen-bond donors (Lipinski definition) is 1. The van der Waals surface area contributed by atoms with Crippen molar-refractivity contribution in [2.45, 2.75) is 4.90 Å². The first-order valence-corrected chi connectivity index (χ1v) is 9.45. The molecule has 2 rings (SSSR count). The first kappa shape index (κ1) is 20.5. The van der Waals surface area contributed by atoms with Gasteiger partial charge in [-0.2, -0.15) is 0 Å². The van der Waals surface area contributed by atoms with Crippen LogP contribution < -0.4 is 14.8 Å². The standard InChI is InChI=1S/C19H22N2O5S/c1-21(2)27(23,24)16-9-7-15(8-10-16)20-19(22)12-6-14-5-11-17(25-3)18(13-14)26-4/h5-13H,1-4H3,(H,20,22)/b12-6-. The third kappa shape index (κ3) is 5.08. The van der Waals surface area contributed by atoms with Crippen LogP contribution in [0.25, 0.3) is 6.08 Å². The fraction of sp³-hybridized carbons (Fsp3) is 0.211. The van der Waals surface area contributed by atoms with Gasteiger partial charge in [-0.15, -0.1) is 0 Å². The second-order valence-electron chi connectivity index (χ2n) is 5.75. The summed E-state index contributed by atoms with van der Waals surface area (Å²) in [5.74, 6) is 0.831. The molecule has 2 aromatic carbocycles. The topological polar surface area (TPSA) is 84.9 Å². The number of methoxy groups -OCH3 is 2. The van der Waals surface area contributed by atoms with Crippen LogP contribution in [0.3, 0.4) is 0 Å². The van der Waals surface area contributed by atoms with Crippen molar-refractivity contribution in [3.63, 3.8) is 0 Å². The summed E-state index contributed by atoms with van der Waals surface area (Å²) in [6.07, 6.45) is 3.02. The van der Waals surface area contributed by atoms with Gasteiger partial charge in [0.1, 0.15) is 0 Å². The van der Waals surface area contributed by atoms with Gasteiger partial charge in [-0.1, -0.05) is 6.07 Å². The molecule has 0 saturated heterocycles. The highest BCUT2D eigenvalue weighted by atomic mass is 32.2. The molecule has 144 valence electrons. The molecule has 0 fully saturated rings. The summed E-state index contributed by atoms with van der Waals surface area (Å²) in [5, 5.41) is 2.68. The molecule has 27 heavy (non-hydrogen) atoms. The van der Waals surface area contributed by atoms with Gasteiger partial charge in [0, 0.05) is 25.9 Å². The molecule has 1 N–H and O–H groups in total. The third-order valence-electron chi connectivity index (χ3n) is 3.74. The maximum Gasteiger partial charge on any atom is 0.248 e. The molecular weight excluding hydrogens is 368 g/mol. The number of anilines is 1. The maximum atomic E-state index is 12.1. The normalized spacial score (nSPS) is 11.6. The first-order chi connectivity index (χ1) is 12.8. The maximum absolute atomic E-state index is 12.1. The van der Waals surface area contributed by atoms with Gasteiger partial charge in [-0.3, -0.25) is 4.79 Å². The van der Waals surface area contributed by atoms with Crippen molar-refractivity contribution in [1.29, 1.82) is 0 Å². The van der Waals surface area contributed by atoms with Crippen LogP contribution in [0.15, 0.2) is 53.4 Å². The molecular formula is C19H22N2O5S. The van der Waals surface area contributed by atoms with Gasteiger partial charge >= 0.3 is 0 Å². The lowest BCUT2D eigenvalue weighted by Crippen LogP contribution is -2.22. The van der Waals surface area contributed by atoms with Crippen LogP contribution in [0.1, 0.15) is 5.56 Å². The molecule has 0 radical (unpaired) electrons. The van der Waals surface area contributed by atoms with Gasteiger partial charge in [-0.05, 0) is 48.0 Å². The molecule has 0 aliphatic rings. The Morgan fingerprint density at radius 2 is 1.63 bits per heavy atom. The van der Waals surface area contributed by atoms with Gasteiger partial charge < -0.3 is 14.8 Å². The Bertz CT molecular complexity index is 935. The summed E-state index contributed by atoms with van der Waals surface area (Å²) in [5.41, 5.74) is 1.27. The van der Waals surface area contributed by atoms with Crippen LogP contribution >= 0.6 is 0 Å². The Kier molecular flexibility index (Phi) is 6.59. The molecule has 0 unspecified atom stereocenters. The zero-order valence-corrected chi connectivity index (χ0v) is 16.4. The molecule has 8 heteroatoms. The van der Waals surface area contributed by atoms with Crippen molar-refractivity contribution in [3.8, 4) is 11.5 Å². The fourth-order valence-electron chi connectivity index (χ4n) is 2.23. The lowest BCUT2D eigenvalue weighted by molar-refractivity contribution is -0.111. The van der Waals surface area contributed by atoms with Gasteiger partial charge in [0.2, 0.25) is 15.9 Å². The number of rotatable bonds is 7. The number of nitrogens with one attached hydrogen (secondary N) is 1. The van der Waals surface area contributed by atoms with Crippen LogP contribution in [0, 0.1) is 0 Å². The zero-order valence-electron chi connectivity index (χ0n) is 15.6. The largest absolute Gasteiger partial charge is 0.493 e. The number of carbonyl (C=O) groups excluding carboxylic acids is 1. The van der Waals surface area contributed by atoms with E-state index in [1.165, 1.54) is 39.4 Å². The summed E-state index contributed by atoms with van der Waals surface area (Å²) in [7, 11) is 2.52. The number of sulfonamides is 1. The average molecular weight is 390 g/mol. The van der Waals surface area contributed by atoms with Crippen molar-refractivity contribution < 1.29 is 22.7 Å². The highest BCUT2D eigenvalue weighted by molar-refractivity contribution is 7.89. The Balaban J connectivity index is 2.06. The number of benzene rings is 2. The molecule has 0 aliphatic carbocycles. The number of nitrogens with zero attached hydrogens (tertiary/aromatic N) is 1. The molecule has 1 amide bonds. The number of carbonyl (C=O) groups is 1. The minimum Gasteiger partial charge on any atom is -0.493 e. The first-order valence-electron chi connectivity index (χ1n) is 8.01. The van der Waals surface area contributed by atoms with E-state index in [1.807, 2.05) is 0 Å². The molecule has 0 atom stereocenters. The molecule has 2 aromatic rings. The number of amides is 1. The predicted octanol–water partition coefficient (Wildman–Crippen LogP) is 2.61. The minimum absolute atomic E-state index is 0.159. The van der Waals surface area contributed by atoms with Crippen molar-refractivity contribution in [3.05, 3.63) is 54.1 Å². The molecule has 0 saturated carbocycles. The van der Waals surface area contributed by atoms with Crippen molar-refractivity contribution in [1.82, 2.24) is 4.31 Å². The van der Waals surface area contributed by atoms with Crippen molar-refractivity contribution in [2.75, 3.05) is 33.6 Å². The van der Waals surface area contributed by atoms with Gasteiger partial charge in [0.25, 0.3) is 0 Å². The van der Waals surface area contributed by atoms with E-state index in [0.717, 1.165) is 9.87 Å². The van der Waals surface area contributed by atoms with Crippen molar-refractivity contribution in [2.24, 2.45) is 0 Å². The Hall–Kier alpha value is -2.84. The molecule has 0 bridgehead atoms. The van der Waals surface area contributed by atoms with E-state index in [0.29, 0.717) is 17.2 Å². The van der Waals surface area contributed by atoms with Gasteiger partial charge in [0.05, 0.1) is 19.1 Å². The van der Waals surface area contributed by atoms with E-state index in [2.05, 4.69) is 5.32 Å². The second kappa shape index (κ2) is 8.70. The second-order valence-corrected chi connectivity index (χ2v) is 7.90. The third-order valence-corrected chi connectivity index (χ3v) is 5.56. The lowest BCUT2D eigenvalue weighted by Gasteiger charge is -2.11. The van der Waals surface area contributed by atoms with Crippen molar-refractivity contribution >= 4 is 27.7 Å². The van der Waals surface area contributed by atoms with Crippen LogP contribution in [-0.2, 0) is 14.8 Å². The van der Waals surface area contributed by atoms with E-state index >= 15 is 0 Å². The number of hydrogen-bond acceptors (Lipinski definition) is 5. The van der Waals surface area contributed by atoms with Gasteiger partial charge in [-0.25, -0.2) is 12.7 Å². The molecule has 7 nitrogen and oxygen atoms in total. The SMILES string of the molecule is COc1ccc(/C=C\C(=O)Nc2ccc(S(=O)(=O)N(C)C)cc2)cc1OC. The fourth-order valence-corrected chi connectivity index (χ4v) is 3.14. The molecule has 0 spiro atoms. The smallest absolute Gasteiger partial charge is 0.248 e. The average Bonchev–Trinajstić information content (AvgIpc) is 2.66. The van der Waals surface area contributed by atoms with Crippen LogP contribution in [0.2, 0.25) is 0 Å². The molecule has 0 aliphatic heterocycles. The highest BCUT2D eigenvalue weighted by Gasteiger charge is 2.16. The summed E-state index contributed by atoms with van der Waals surface area (Å²) < 4.78 is 35.6. The van der Waals surface area contributed by atoms with Crippen LogP contribution in [-0.4, -0.2) is 46.9 Å². The number of ether oxygens (including phenoxy) is 2. The summed E-state index contributed by atoms with van der Waals surface area (Å²) in [6, 6.07) is 11.3. The summed E-state index contributed by atoms with van der Waals surface area (Å²) >= 11 is 0. The van der Waals surface area contributed by atoms with Crippen LogP contribution in [0.5, 0.6) is 11.5 Å².